The number of furan rings is 2. The number of fused-ring (bicyclic) bond motifs is 2. The zero-order valence-corrected chi connectivity index (χ0v) is 41.9. The van der Waals surface area contributed by atoms with Crippen LogP contribution in [0.4, 0.5) is 0 Å². The molecule has 4 aromatic carbocycles. The van der Waals surface area contributed by atoms with Crippen molar-refractivity contribution in [3.05, 3.63) is 175 Å². The molecule has 8 aromatic rings. The number of halogens is 2. The van der Waals surface area contributed by atoms with E-state index in [9.17, 15) is 4.79 Å². The van der Waals surface area contributed by atoms with Gasteiger partial charge in [-0.1, -0.05) is 65.8 Å². The number of oxime groups is 1. The number of pyridine rings is 2. The molecule has 2 atom stereocenters. The first kappa shape index (κ1) is 48.5. The molecule has 5 heterocycles. The lowest BCUT2D eigenvalue weighted by molar-refractivity contribution is 0.0193. The molecule has 0 bridgehead atoms. The van der Waals surface area contributed by atoms with Crippen molar-refractivity contribution in [3.8, 4) is 23.3 Å². The Morgan fingerprint density at radius 3 is 1.96 bits per heavy atom. The van der Waals surface area contributed by atoms with Crippen LogP contribution in [0, 0.1) is 13.8 Å². The molecular formula is C52H50Br2N6O9. The maximum absolute atomic E-state index is 12.5. The smallest absolute Gasteiger partial charge is 0.293 e. The number of aryl methyl sites for hydroxylation is 2. The molecule has 0 radical (unpaired) electrons. The van der Waals surface area contributed by atoms with Gasteiger partial charge in [0.05, 0.1) is 50.0 Å². The van der Waals surface area contributed by atoms with Gasteiger partial charge in [0.15, 0.2) is 5.84 Å². The Morgan fingerprint density at radius 1 is 0.725 bits per heavy atom. The first-order chi connectivity index (χ1) is 33.5. The van der Waals surface area contributed by atoms with Crippen LogP contribution in [-0.4, -0.2) is 68.3 Å². The molecule has 0 saturated heterocycles. The second-order valence-corrected chi connectivity index (χ2v) is 17.6. The summed E-state index contributed by atoms with van der Waals surface area (Å²) in [4.78, 5) is 34.8. The second kappa shape index (κ2) is 22.5. The van der Waals surface area contributed by atoms with E-state index in [0.29, 0.717) is 53.2 Å². The Hall–Kier alpha value is -6.92. The minimum atomic E-state index is -0.481. The third kappa shape index (κ3) is 11.5. The van der Waals surface area contributed by atoms with Crippen molar-refractivity contribution >= 4 is 65.5 Å². The summed E-state index contributed by atoms with van der Waals surface area (Å²) >= 11 is 6.80. The molecule has 2 unspecified atom stereocenters. The zero-order chi connectivity index (χ0) is 48.4. The highest BCUT2D eigenvalue weighted by Crippen LogP contribution is 2.35. The van der Waals surface area contributed by atoms with E-state index in [1.54, 1.807) is 33.5 Å². The maximum atomic E-state index is 12.5. The molecule has 9 rings (SSSR count). The van der Waals surface area contributed by atoms with Crippen LogP contribution in [0.2, 0.25) is 0 Å². The van der Waals surface area contributed by atoms with Gasteiger partial charge in [-0.25, -0.2) is 15.4 Å². The number of rotatable bonds is 16. The number of hydrogen-bond donors (Lipinski definition) is 2. The van der Waals surface area contributed by atoms with Crippen LogP contribution in [0.3, 0.4) is 0 Å². The summed E-state index contributed by atoms with van der Waals surface area (Å²) in [7, 11) is 6.37. The van der Waals surface area contributed by atoms with Gasteiger partial charge in [-0.05, 0) is 129 Å². The minimum Gasteiger partial charge on any atom is -0.497 e. The Bertz CT molecular complexity index is 3070. The summed E-state index contributed by atoms with van der Waals surface area (Å²) in [5.74, 6) is 4.04. The fourth-order valence-electron chi connectivity index (χ4n) is 7.65. The van der Waals surface area contributed by atoms with Crippen LogP contribution in [0.15, 0.2) is 144 Å². The largest absolute Gasteiger partial charge is 0.497 e. The monoisotopic (exact) mass is 1060 g/mol. The summed E-state index contributed by atoms with van der Waals surface area (Å²) in [5.41, 5.74) is 9.29. The zero-order valence-electron chi connectivity index (χ0n) is 38.7. The van der Waals surface area contributed by atoms with Gasteiger partial charge in [-0.3, -0.25) is 9.63 Å². The van der Waals surface area contributed by atoms with Crippen molar-refractivity contribution in [1.82, 2.24) is 25.7 Å². The summed E-state index contributed by atoms with van der Waals surface area (Å²) in [6.07, 6.45) is 0. The minimum absolute atomic E-state index is 0.133. The van der Waals surface area contributed by atoms with Gasteiger partial charge < -0.3 is 42.8 Å². The molecule has 356 valence electrons. The van der Waals surface area contributed by atoms with Crippen molar-refractivity contribution in [1.29, 1.82) is 0 Å². The van der Waals surface area contributed by atoms with Gasteiger partial charge in [-0.15, -0.1) is 0 Å². The number of nitrogens with one attached hydrogen (secondary N) is 2. The number of hydroxylamine groups is 1. The van der Waals surface area contributed by atoms with Gasteiger partial charge in [0.25, 0.3) is 5.91 Å². The van der Waals surface area contributed by atoms with Crippen LogP contribution in [0.25, 0.3) is 21.9 Å². The number of nitrogens with zero attached hydrogens (tertiary/aromatic N) is 4. The third-order valence-electron chi connectivity index (χ3n) is 11.3. The molecule has 4 aromatic heterocycles. The van der Waals surface area contributed by atoms with E-state index >= 15 is 0 Å². The van der Waals surface area contributed by atoms with Gasteiger partial charge in [0.1, 0.15) is 58.2 Å². The number of amidine groups is 1. The Morgan fingerprint density at radius 2 is 1.33 bits per heavy atom. The summed E-state index contributed by atoms with van der Waals surface area (Å²) in [6.45, 7) is 5.68. The highest BCUT2D eigenvalue weighted by Gasteiger charge is 2.33. The molecule has 0 saturated carbocycles. The van der Waals surface area contributed by atoms with Crippen molar-refractivity contribution < 1.29 is 42.3 Å². The average molecular weight is 1060 g/mol. The van der Waals surface area contributed by atoms with Crippen LogP contribution < -0.4 is 29.7 Å². The molecule has 15 nitrogen and oxygen atoms in total. The van der Waals surface area contributed by atoms with Crippen LogP contribution in [-0.2, 0) is 22.8 Å². The number of amides is 1. The fourth-order valence-corrected chi connectivity index (χ4v) is 8.41. The number of para-hydroxylation sites is 2. The first-order valence-electron chi connectivity index (χ1n) is 21.8. The van der Waals surface area contributed by atoms with E-state index < -0.39 is 5.91 Å². The molecule has 69 heavy (non-hydrogen) atoms. The standard InChI is InChI=1S/C26H26BrN3O5.C26H24BrN3O4/c1-16-5-4-6-18-13-23(35-24(16)18)22(28-14-17-7-9-19(32-2)10-8-17)15-34-30-25(31)21-12-11-20(27)26(29-21)33-3;1-16-5-4-6-18-13-23(34-24(16)18)22-15-33-29-25(21-12-11-20(27)26(28-21)32-3)30(22)14-17-7-9-19(31-2)10-8-17/h4-13,22,28H,14-15H2,1-3H3,(H,30,31);4-13,22H,14-15H2,1-3H3. The van der Waals surface area contributed by atoms with Crippen molar-refractivity contribution in [2.45, 2.75) is 39.0 Å². The predicted octanol–water partition coefficient (Wildman–Crippen LogP) is 11.0. The predicted molar refractivity (Wildman–Crippen MR) is 269 cm³/mol. The molecule has 0 aliphatic carbocycles. The Labute approximate surface area is 415 Å². The SMILES string of the molecule is COc1ccc(CN2C(c3ccc(Br)c(OC)n3)=NOCC2c2cc3cccc(C)c3o2)cc1.COc1ccc(CNC(CONC(=O)c2ccc(Br)c(OC)n2)c2cc3cccc(C)c3o2)cc1. The molecule has 1 aliphatic heterocycles. The number of ether oxygens (including phenoxy) is 4. The van der Waals surface area contributed by atoms with Crippen molar-refractivity contribution in [3.63, 3.8) is 0 Å². The van der Waals surface area contributed by atoms with Crippen molar-refractivity contribution in [2.75, 3.05) is 41.7 Å². The second-order valence-electron chi connectivity index (χ2n) is 15.9. The van der Waals surface area contributed by atoms with Crippen LogP contribution in [0.1, 0.15) is 62.0 Å². The lowest BCUT2D eigenvalue weighted by Gasteiger charge is -2.35. The van der Waals surface area contributed by atoms with Crippen molar-refractivity contribution in [2.24, 2.45) is 5.16 Å². The molecule has 1 amide bonds. The van der Waals surface area contributed by atoms with E-state index in [-0.39, 0.29) is 24.4 Å². The Balaban J connectivity index is 0.000000186. The van der Waals surface area contributed by atoms with E-state index in [2.05, 4.69) is 74.8 Å². The van der Waals surface area contributed by atoms with Crippen LogP contribution >= 0.6 is 31.9 Å². The van der Waals surface area contributed by atoms with Gasteiger partial charge in [0.2, 0.25) is 11.8 Å². The lowest BCUT2D eigenvalue weighted by atomic mass is 10.1. The quantitative estimate of drug-likeness (QED) is 0.0880. The number of carbonyl (C=O) groups is 1. The summed E-state index contributed by atoms with van der Waals surface area (Å²) < 4.78 is 35.0. The number of carbonyl (C=O) groups excluding carboxylic acids is 1. The van der Waals surface area contributed by atoms with Gasteiger partial charge in [-0.2, -0.15) is 0 Å². The average Bonchev–Trinajstić information content (AvgIpc) is 4.03. The summed E-state index contributed by atoms with van der Waals surface area (Å²) in [6, 6.07) is 38.5. The van der Waals surface area contributed by atoms with E-state index in [1.165, 1.54) is 7.11 Å². The fraction of sp³-hybridized carbons (Fsp3) is 0.231. The maximum Gasteiger partial charge on any atom is 0.293 e. The molecule has 0 fully saturated rings. The number of hydrogen-bond acceptors (Lipinski definition) is 14. The van der Waals surface area contributed by atoms with Gasteiger partial charge >= 0.3 is 0 Å². The Kier molecular flexibility index (Phi) is 15.8. The molecule has 0 spiro atoms. The lowest BCUT2D eigenvalue weighted by Crippen LogP contribution is -2.40. The first-order valence-corrected chi connectivity index (χ1v) is 23.4. The number of benzene rings is 4. The highest BCUT2D eigenvalue weighted by atomic mass is 79.9. The van der Waals surface area contributed by atoms with E-state index in [4.69, 9.17) is 37.5 Å². The molecule has 1 aliphatic rings. The molecule has 17 heteroatoms. The highest BCUT2D eigenvalue weighted by molar-refractivity contribution is 9.10. The molecule has 2 N–H and O–H groups in total. The van der Waals surface area contributed by atoms with E-state index in [0.717, 1.165) is 65.9 Å². The molecular weight excluding hydrogens is 1010 g/mol. The topological polar surface area (TPSA) is 164 Å². The van der Waals surface area contributed by atoms with E-state index in [1.807, 2.05) is 111 Å². The van der Waals surface area contributed by atoms with Crippen LogP contribution in [0.5, 0.6) is 23.3 Å². The number of methoxy groups -OCH3 is 4. The van der Waals surface area contributed by atoms with Gasteiger partial charge in [0, 0.05) is 23.9 Å². The normalized spacial score (nSPS) is 13.8. The summed E-state index contributed by atoms with van der Waals surface area (Å²) in [5, 5.41) is 9.93. The number of aromatic nitrogens is 2. The third-order valence-corrected chi connectivity index (χ3v) is 12.5.